The van der Waals surface area contributed by atoms with Crippen LogP contribution in [-0.2, 0) is 0 Å². The number of hydrogen-bond donors (Lipinski definition) is 4. The van der Waals surface area contributed by atoms with Crippen molar-refractivity contribution >= 4 is 55.6 Å². The van der Waals surface area contributed by atoms with E-state index in [1.807, 2.05) is 18.2 Å². The van der Waals surface area contributed by atoms with Crippen LogP contribution in [0, 0.1) is 0 Å². The minimum atomic E-state index is -0.340. The van der Waals surface area contributed by atoms with E-state index in [0.717, 1.165) is 27.3 Å². The summed E-state index contributed by atoms with van der Waals surface area (Å²) in [7, 11) is 0. The first-order chi connectivity index (χ1) is 15.9. The average molecular weight is 530 g/mol. The topological polar surface area (TPSA) is 124 Å². The van der Waals surface area contributed by atoms with Gasteiger partial charge in [-0.2, -0.15) is 0 Å². The molecule has 0 saturated carbocycles. The quantitative estimate of drug-likeness (QED) is 0.210. The number of nitrogens with one attached hydrogen (secondary N) is 2. The molecule has 1 aliphatic rings. The molecule has 0 aliphatic carbocycles. The molecule has 0 radical (unpaired) electrons. The molecule has 1 unspecified atom stereocenters. The number of halogens is 1. The van der Waals surface area contributed by atoms with Gasteiger partial charge in [-0.15, -0.1) is 0 Å². The molecule has 172 valence electrons. The summed E-state index contributed by atoms with van der Waals surface area (Å²) in [6.07, 6.45) is 0.463. The molecule has 5 N–H and O–H groups in total. The van der Waals surface area contributed by atoms with Gasteiger partial charge in [-0.1, -0.05) is 35.0 Å². The zero-order chi connectivity index (χ0) is 23.5. The highest BCUT2D eigenvalue weighted by molar-refractivity contribution is 9.10. The number of amides is 1. The Kier molecular flexibility index (Phi) is 6.96. The Hall–Kier alpha value is -2.95. The molecule has 0 fully saturated rings. The molecule has 1 aromatic heterocycles. The Bertz CT molecular complexity index is 1270. The third kappa shape index (κ3) is 4.87. The van der Waals surface area contributed by atoms with Gasteiger partial charge in [-0.25, -0.2) is 0 Å². The van der Waals surface area contributed by atoms with Gasteiger partial charge in [0.2, 0.25) is 0 Å². The lowest BCUT2D eigenvalue weighted by Crippen LogP contribution is -2.29. The minimum absolute atomic E-state index is 0.0000744. The fraction of sp³-hybridized carbons (Fsp3) is 0.261. The number of carbonyl (C=O) groups excluding carboxylic acids is 1. The van der Waals surface area contributed by atoms with Gasteiger partial charge in [0.05, 0.1) is 0 Å². The third-order valence-corrected chi connectivity index (χ3v) is 6.73. The second-order valence-electron chi connectivity index (χ2n) is 7.81. The highest BCUT2D eigenvalue weighted by atomic mass is 79.9. The monoisotopic (exact) mass is 529 g/mol. The van der Waals surface area contributed by atoms with E-state index in [2.05, 4.69) is 43.6 Å². The molecule has 0 bridgehead atoms. The molecule has 8 nitrogen and oxygen atoms in total. The van der Waals surface area contributed by atoms with Gasteiger partial charge >= 0.3 is 0 Å². The molecule has 10 heteroatoms. The van der Waals surface area contributed by atoms with E-state index in [4.69, 9.17) is 10.8 Å². The van der Waals surface area contributed by atoms with Crippen LogP contribution in [0.15, 0.2) is 56.7 Å². The lowest BCUT2D eigenvalue weighted by Gasteiger charge is -2.18. The number of nitrogens with zero attached hydrogens (tertiary/aromatic N) is 2. The van der Waals surface area contributed by atoms with Gasteiger partial charge < -0.3 is 21.1 Å². The molecule has 1 amide bonds. The summed E-state index contributed by atoms with van der Waals surface area (Å²) in [5.74, 6) is 0.273. The van der Waals surface area contributed by atoms with Crippen LogP contribution in [0.25, 0.3) is 0 Å². The number of aromatic nitrogens is 1. The smallest absolute Gasteiger partial charge is 0.271 e. The summed E-state index contributed by atoms with van der Waals surface area (Å²) < 4.78 is 3.59. The number of H-pyrrole nitrogens is 1. The van der Waals surface area contributed by atoms with E-state index in [1.165, 1.54) is 0 Å². The van der Waals surface area contributed by atoms with Crippen molar-refractivity contribution in [1.82, 2.24) is 4.37 Å². The van der Waals surface area contributed by atoms with E-state index < -0.39 is 0 Å². The van der Waals surface area contributed by atoms with Crippen molar-refractivity contribution in [2.24, 2.45) is 10.7 Å². The largest absolute Gasteiger partial charge is 0.396 e. The van der Waals surface area contributed by atoms with Crippen LogP contribution in [0.4, 0.5) is 16.4 Å². The van der Waals surface area contributed by atoms with E-state index >= 15 is 0 Å². The van der Waals surface area contributed by atoms with Crippen LogP contribution >= 0.6 is 27.5 Å². The maximum atomic E-state index is 13.4. The lowest BCUT2D eigenvalue weighted by molar-refractivity contribution is 0.0988. The first kappa shape index (κ1) is 23.2. The molecule has 0 saturated heterocycles. The first-order valence-electron chi connectivity index (χ1n) is 10.5. The number of benzene rings is 2. The van der Waals surface area contributed by atoms with Crippen LogP contribution in [0.1, 0.15) is 40.7 Å². The predicted molar refractivity (Wildman–Crippen MR) is 136 cm³/mol. The summed E-state index contributed by atoms with van der Waals surface area (Å²) >= 11 is 4.61. The minimum Gasteiger partial charge on any atom is -0.396 e. The number of aliphatic hydroxyl groups excluding tert-OH is 1. The second-order valence-corrected chi connectivity index (χ2v) is 9.54. The molecule has 4 rings (SSSR count). The van der Waals surface area contributed by atoms with Crippen LogP contribution < -0.4 is 21.5 Å². The number of rotatable bonds is 7. The van der Waals surface area contributed by atoms with E-state index in [-0.39, 0.29) is 35.4 Å². The Balaban J connectivity index is 1.58. The Morgan fingerprint density at radius 1 is 1.36 bits per heavy atom. The predicted octanol–water partition coefficient (Wildman–Crippen LogP) is 3.79. The van der Waals surface area contributed by atoms with Gasteiger partial charge in [0.1, 0.15) is 16.4 Å². The van der Waals surface area contributed by atoms with Crippen molar-refractivity contribution in [3.8, 4) is 0 Å². The molecule has 1 atom stereocenters. The number of hydrogen-bond acceptors (Lipinski definition) is 6. The first-order valence-corrected chi connectivity index (χ1v) is 12.1. The summed E-state index contributed by atoms with van der Waals surface area (Å²) in [4.78, 5) is 31.6. The van der Waals surface area contributed by atoms with E-state index in [1.54, 1.807) is 23.1 Å². The fourth-order valence-electron chi connectivity index (χ4n) is 3.82. The normalized spacial score (nSPS) is 15.5. The highest BCUT2D eigenvalue weighted by Gasteiger charge is 2.30. The van der Waals surface area contributed by atoms with E-state index in [0.29, 0.717) is 35.8 Å². The lowest BCUT2D eigenvalue weighted by atomic mass is 10.0. The van der Waals surface area contributed by atoms with Gasteiger partial charge in [0.15, 0.2) is 0 Å². The Morgan fingerprint density at radius 2 is 2.18 bits per heavy atom. The van der Waals surface area contributed by atoms with E-state index in [9.17, 15) is 9.59 Å². The molecule has 3 aromatic rings. The highest BCUT2D eigenvalue weighted by Crippen LogP contribution is 2.38. The standard InChI is InChI=1S/C23H24BrN5O3S/c1-13-12-29(18-11-15(24)6-7-17(13)18)23(32)14-4-2-5-16(10-14)27-22-19(21(31)28-33-22)20(25)26-8-3-9-30/h2,4-7,10-11,13,27,30H,3,8-9,12H2,1H3,(H2,25,26)(H,28,31). The number of aliphatic imine (C=N–C) groups is 1. The average Bonchev–Trinajstić information content (AvgIpc) is 3.32. The fourth-order valence-corrected chi connectivity index (χ4v) is 4.93. The molecule has 2 heterocycles. The third-order valence-electron chi connectivity index (χ3n) is 5.44. The van der Waals surface area contributed by atoms with Crippen LogP contribution in [0.3, 0.4) is 0 Å². The van der Waals surface area contributed by atoms with Crippen molar-refractivity contribution in [3.63, 3.8) is 0 Å². The number of carbonyl (C=O) groups is 1. The van der Waals surface area contributed by atoms with Crippen molar-refractivity contribution in [2.75, 3.05) is 29.9 Å². The van der Waals surface area contributed by atoms with Crippen LogP contribution in [0.5, 0.6) is 0 Å². The summed E-state index contributed by atoms with van der Waals surface area (Å²) in [5.41, 5.74) is 9.19. The number of nitrogens with two attached hydrogens (primary N) is 1. The molecule has 2 aromatic carbocycles. The number of aliphatic hydroxyl groups is 1. The zero-order valence-corrected chi connectivity index (χ0v) is 20.4. The van der Waals surface area contributed by atoms with Crippen LogP contribution in [0.2, 0.25) is 0 Å². The summed E-state index contributed by atoms with van der Waals surface area (Å²) in [6, 6.07) is 13.2. The number of amidine groups is 1. The zero-order valence-electron chi connectivity index (χ0n) is 18.0. The van der Waals surface area contributed by atoms with Gasteiger partial charge in [-0.05, 0) is 53.8 Å². The van der Waals surface area contributed by atoms with Crippen LogP contribution in [-0.4, -0.2) is 40.9 Å². The van der Waals surface area contributed by atoms with Crippen molar-refractivity contribution < 1.29 is 9.90 Å². The maximum Gasteiger partial charge on any atom is 0.271 e. The summed E-state index contributed by atoms with van der Waals surface area (Å²) in [6.45, 7) is 3.05. The van der Waals surface area contributed by atoms with Crippen molar-refractivity contribution in [2.45, 2.75) is 19.3 Å². The van der Waals surface area contributed by atoms with Gasteiger partial charge in [0, 0.05) is 47.0 Å². The maximum absolute atomic E-state index is 13.4. The SMILES string of the molecule is CC1CN(C(=O)c2cccc(Nc3s[nH]c(=O)c3C(N)=NCCCO)c2)c2cc(Br)ccc21. The number of anilines is 3. The Labute approximate surface area is 203 Å². The van der Waals surface area contributed by atoms with Gasteiger partial charge in [-0.3, -0.25) is 19.0 Å². The van der Waals surface area contributed by atoms with Gasteiger partial charge in [0.25, 0.3) is 11.5 Å². The molecular weight excluding hydrogens is 506 g/mol. The number of aromatic amines is 1. The summed E-state index contributed by atoms with van der Waals surface area (Å²) in [5, 5.41) is 12.6. The van der Waals surface area contributed by atoms with Crippen molar-refractivity contribution in [3.05, 3.63) is 74.0 Å². The second kappa shape index (κ2) is 9.90. The molecule has 0 spiro atoms. The van der Waals surface area contributed by atoms with Crippen molar-refractivity contribution in [1.29, 1.82) is 0 Å². The number of fused-ring (bicyclic) bond motifs is 1. The molecular formula is C23H24BrN5O3S. The Morgan fingerprint density at radius 3 is 2.97 bits per heavy atom. The molecule has 1 aliphatic heterocycles. The molecule has 33 heavy (non-hydrogen) atoms.